The van der Waals surface area contributed by atoms with Crippen LogP contribution in [-0.2, 0) is 0 Å². The molecule has 0 amide bonds. The molecule has 0 atom stereocenters. The van der Waals surface area contributed by atoms with Gasteiger partial charge in [-0.3, -0.25) is 9.36 Å². The molecular weight excluding hydrogens is 532 g/mol. The average molecular weight is 557 g/mol. The van der Waals surface area contributed by atoms with Gasteiger partial charge in [0.05, 0.1) is 22.3 Å². The number of aromatic nitrogens is 2. The van der Waals surface area contributed by atoms with Gasteiger partial charge in [-0.15, -0.1) is 0 Å². The molecule has 0 saturated carbocycles. The summed E-state index contributed by atoms with van der Waals surface area (Å²) in [5, 5.41) is 2.57. The van der Waals surface area contributed by atoms with Crippen molar-refractivity contribution in [2.45, 2.75) is 0 Å². The highest BCUT2D eigenvalue weighted by Crippen LogP contribution is 2.35. The maximum Gasteiger partial charge on any atom is 0.340 e. The zero-order valence-electron chi connectivity index (χ0n) is 23.0. The third kappa shape index (κ3) is 4.02. The summed E-state index contributed by atoms with van der Waals surface area (Å²) in [5.41, 5.74) is 6.62. The summed E-state index contributed by atoms with van der Waals surface area (Å²) in [6, 6.07) is 46.7. The van der Waals surface area contributed by atoms with E-state index in [1.54, 1.807) is 10.6 Å². The number of fused-ring (bicyclic) bond motifs is 4. The lowest BCUT2D eigenvalue weighted by atomic mass is 10.0. The molecule has 2 aromatic heterocycles. The van der Waals surface area contributed by atoms with Crippen molar-refractivity contribution < 1.29 is 4.42 Å². The van der Waals surface area contributed by atoms with Crippen molar-refractivity contribution in [1.82, 2.24) is 9.13 Å². The van der Waals surface area contributed by atoms with Crippen LogP contribution in [0.5, 0.6) is 0 Å². The van der Waals surface area contributed by atoms with E-state index in [2.05, 4.69) is 24.3 Å². The van der Waals surface area contributed by atoms with Gasteiger partial charge in [-0.05, 0) is 59.2 Å². The molecule has 0 radical (unpaired) electrons. The van der Waals surface area contributed by atoms with Crippen molar-refractivity contribution in [3.8, 4) is 33.6 Å². The summed E-state index contributed by atoms with van der Waals surface area (Å²) in [4.78, 5) is 27.8. The Bertz CT molecular complexity index is 2410. The van der Waals surface area contributed by atoms with Crippen LogP contribution < -0.4 is 11.2 Å². The molecule has 5 heteroatoms. The van der Waals surface area contributed by atoms with Crippen LogP contribution in [0.15, 0.2) is 160 Å². The van der Waals surface area contributed by atoms with E-state index in [4.69, 9.17) is 4.42 Å². The fourth-order valence-electron chi connectivity index (χ4n) is 5.94. The standard InChI is InChI=1S/C38H24N2O3/c41-37-33-12-4-6-15-34(33)39(28-21-17-26(18-22-28)25-9-2-1-3-10-25)38(42)40(37)29-23-19-27(20-24-29)30-13-8-14-32-31-11-5-7-16-35(31)43-36(30)32/h1-24H. The van der Waals surface area contributed by atoms with E-state index >= 15 is 0 Å². The van der Waals surface area contributed by atoms with Crippen LogP contribution in [-0.4, -0.2) is 9.13 Å². The molecule has 5 nitrogen and oxygen atoms in total. The van der Waals surface area contributed by atoms with Gasteiger partial charge in [-0.2, -0.15) is 0 Å². The third-order valence-corrected chi connectivity index (χ3v) is 8.03. The number of hydrogen-bond donors (Lipinski definition) is 0. The Morgan fingerprint density at radius 1 is 0.442 bits per heavy atom. The van der Waals surface area contributed by atoms with Crippen LogP contribution in [0.3, 0.4) is 0 Å². The molecule has 0 spiro atoms. The van der Waals surface area contributed by atoms with Gasteiger partial charge in [-0.25, -0.2) is 9.36 Å². The van der Waals surface area contributed by atoms with Crippen LogP contribution in [0.2, 0.25) is 0 Å². The first-order chi connectivity index (χ1) is 21.2. The van der Waals surface area contributed by atoms with Crippen molar-refractivity contribution in [3.05, 3.63) is 166 Å². The van der Waals surface area contributed by atoms with Gasteiger partial charge in [0.15, 0.2) is 0 Å². The summed E-state index contributed by atoms with van der Waals surface area (Å²) >= 11 is 0. The molecule has 8 aromatic rings. The predicted octanol–water partition coefficient (Wildman–Crippen LogP) is 8.38. The lowest BCUT2D eigenvalue weighted by Crippen LogP contribution is -2.38. The molecule has 0 N–H and O–H groups in total. The highest BCUT2D eigenvalue weighted by molar-refractivity contribution is 6.09. The van der Waals surface area contributed by atoms with Gasteiger partial charge >= 0.3 is 5.69 Å². The maximum atomic E-state index is 14.1. The van der Waals surface area contributed by atoms with Crippen LogP contribution in [0.25, 0.3) is 66.5 Å². The molecule has 204 valence electrons. The molecule has 0 saturated heterocycles. The first-order valence-corrected chi connectivity index (χ1v) is 14.1. The lowest BCUT2D eigenvalue weighted by molar-refractivity contribution is 0.670. The Labute approximate surface area is 246 Å². The van der Waals surface area contributed by atoms with Gasteiger partial charge in [0.2, 0.25) is 0 Å². The number of benzene rings is 6. The maximum absolute atomic E-state index is 14.1. The second-order valence-electron chi connectivity index (χ2n) is 10.5. The SMILES string of the molecule is O=c1c2ccccc2n(-c2ccc(-c3ccccc3)cc2)c(=O)n1-c1ccc(-c2cccc3c2oc2ccccc23)cc1. The Morgan fingerprint density at radius 2 is 1.02 bits per heavy atom. The van der Waals surface area contributed by atoms with Crippen molar-refractivity contribution >= 4 is 32.8 Å². The molecule has 0 aliphatic heterocycles. The van der Waals surface area contributed by atoms with E-state index in [-0.39, 0.29) is 5.56 Å². The van der Waals surface area contributed by atoms with Gasteiger partial charge in [0.25, 0.3) is 5.56 Å². The van der Waals surface area contributed by atoms with Crippen LogP contribution in [0.1, 0.15) is 0 Å². The van der Waals surface area contributed by atoms with Crippen molar-refractivity contribution in [2.24, 2.45) is 0 Å². The number of nitrogens with zero attached hydrogens (tertiary/aromatic N) is 2. The summed E-state index contributed by atoms with van der Waals surface area (Å²) in [7, 11) is 0. The minimum absolute atomic E-state index is 0.357. The Kier molecular flexibility index (Phi) is 5.69. The summed E-state index contributed by atoms with van der Waals surface area (Å²) in [6.07, 6.45) is 0. The summed E-state index contributed by atoms with van der Waals surface area (Å²) in [5.74, 6) is 0. The Morgan fingerprint density at radius 3 is 1.79 bits per heavy atom. The predicted molar refractivity (Wildman–Crippen MR) is 173 cm³/mol. The van der Waals surface area contributed by atoms with E-state index in [0.29, 0.717) is 22.3 Å². The molecular formula is C38H24N2O3. The number of para-hydroxylation sites is 3. The van der Waals surface area contributed by atoms with E-state index in [1.165, 1.54) is 4.57 Å². The van der Waals surface area contributed by atoms with Gasteiger partial charge in [0, 0.05) is 16.3 Å². The fraction of sp³-hybridized carbons (Fsp3) is 0. The summed E-state index contributed by atoms with van der Waals surface area (Å²) in [6.45, 7) is 0. The summed E-state index contributed by atoms with van der Waals surface area (Å²) < 4.78 is 9.09. The third-order valence-electron chi connectivity index (χ3n) is 8.03. The highest BCUT2D eigenvalue weighted by Gasteiger charge is 2.17. The number of furan rings is 1. The molecule has 2 heterocycles. The second kappa shape index (κ2) is 9.86. The molecule has 43 heavy (non-hydrogen) atoms. The molecule has 6 aromatic carbocycles. The Hall–Kier alpha value is -5.94. The molecule has 0 unspecified atom stereocenters. The van der Waals surface area contributed by atoms with Gasteiger partial charge in [-0.1, -0.05) is 103 Å². The Balaban J connectivity index is 1.26. The number of hydrogen-bond acceptors (Lipinski definition) is 3. The minimum atomic E-state index is -0.428. The van der Waals surface area contributed by atoms with E-state index in [1.807, 2.05) is 115 Å². The fourth-order valence-corrected chi connectivity index (χ4v) is 5.94. The van der Waals surface area contributed by atoms with Crippen LogP contribution in [0.4, 0.5) is 0 Å². The number of rotatable bonds is 4. The van der Waals surface area contributed by atoms with Crippen molar-refractivity contribution in [2.75, 3.05) is 0 Å². The zero-order valence-corrected chi connectivity index (χ0v) is 23.0. The average Bonchev–Trinajstić information content (AvgIpc) is 3.45. The quantitative estimate of drug-likeness (QED) is 0.219. The molecule has 0 fully saturated rings. The van der Waals surface area contributed by atoms with E-state index < -0.39 is 5.69 Å². The first kappa shape index (κ1) is 24.8. The van der Waals surface area contributed by atoms with Crippen molar-refractivity contribution in [3.63, 3.8) is 0 Å². The monoisotopic (exact) mass is 556 g/mol. The first-order valence-electron chi connectivity index (χ1n) is 14.1. The van der Waals surface area contributed by atoms with E-state index in [0.717, 1.165) is 44.2 Å². The van der Waals surface area contributed by atoms with E-state index in [9.17, 15) is 9.59 Å². The highest BCUT2D eigenvalue weighted by atomic mass is 16.3. The van der Waals surface area contributed by atoms with Gasteiger partial charge < -0.3 is 4.42 Å². The molecule has 0 aliphatic carbocycles. The molecule has 0 bridgehead atoms. The second-order valence-corrected chi connectivity index (χ2v) is 10.5. The minimum Gasteiger partial charge on any atom is -0.455 e. The molecule has 0 aliphatic rings. The molecule has 8 rings (SSSR count). The smallest absolute Gasteiger partial charge is 0.340 e. The lowest BCUT2D eigenvalue weighted by Gasteiger charge is -2.15. The topological polar surface area (TPSA) is 57.1 Å². The van der Waals surface area contributed by atoms with Gasteiger partial charge in [0.1, 0.15) is 11.2 Å². The normalized spacial score (nSPS) is 11.4. The van der Waals surface area contributed by atoms with Crippen LogP contribution in [0, 0.1) is 0 Å². The largest absolute Gasteiger partial charge is 0.455 e. The van der Waals surface area contributed by atoms with Crippen molar-refractivity contribution in [1.29, 1.82) is 0 Å². The van der Waals surface area contributed by atoms with Crippen LogP contribution >= 0.6 is 0 Å². The zero-order chi connectivity index (χ0) is 28.9.